The van der Waals surface area contributed by atoms with Crippen LogP contribution in [-0.4, -0.2) is 60.5 Å². The number of hydrogen-bond donors (Lipinski definition) is 1. The second-order valence-electron chi connectivity index (χ2n) is 7.23. The van der Waals surface area contributed by atoms with Crippen LogP contribution in [0.5, 0.6) is 5.75 Å². The van der Waals surface area contributed by atoms with E-state index in [1.165, 1.54) is 11.6 Å². The van der Waals surface area contributed by atoms with E-state index in [1.807, 2.05) is 12.1 Å². The molecule has 1 heterocycles. The topological polar surface area (TPSA) is 88.0 Å². The van der Waals surface area contributed by atoms with Gasteiger partial charge in [0.15, 0.2) is 0 Å². The largest absolute Gasteiger partial charge is 0.497 e. The second kappa shape index (κ2) is 9.49. The van der Waals surface area contributed by atoms with Crippen molar-refractivity contribution in [3.05, 3.63) is 63.7 Å². The molecule has 0 unspecified atom stereocenters. The van der Waals surface area contributed by atoms with Gasteiger partial charge < -0.3 is 10.1 Å². The van der Waals surface area contributed by atoms with Gasteiger partial charge in [-0.1, -0.05) is 18.2 Å². The van der Waals surface area contributed by atoms with E-state index in [-0.39, 0.29) is 23.8 Å². The van der Waals surface area contributed by atoms with Crippen LogP contribution in [0.25, 0.3) is 0 Å². The second-order valence-corrected chi connectivity index (χ2v) is 7.23. The maximum atomic E-state index is 12.4. The standard InChI is InChI=1S/C21H26N4O4/c1-16-3-8-19(20(13-16)25(27)28)22-21(26)15-24-11-9-23(10-12-24)14-17-4-6-18(29-2)7-5-17/h3-8,13H,9-12,14-15H2,1-2H3,(H,22,26). The lowest BCUT2D eigenvalue weighted by atomic mass is 10.2. The Bertz CT molecular complexity index is 861. The quantitative estimate of drug-likeness (QED) is 0.570. The van der Waals surface area contributed by atoms with E-state index in [9.17, 15) is 14.9 Å². The van der Waals surface area contributed by atoms with E-state index in [0.29, 0.717) is 0 Å². The van der Waals surface area contributed by atoms with Crippen LogP contribution in [0.15, 0.2) is 42.5 Å². The number of nitro benzene ring substituents is 1. The zero-order valence-electron chi connectivity index (χ0n) is 16.8. The summed E-state index contributed by atoms with van der Waals surface area (Å²) in [7, 11) is 1.65. The lowest BCUT2D eigenvalue weighted by molar-refractivity contribution is -0.384. The first-order chi connectivity index (χ1) is 13.9. The number of methoxy groups -OCH3 is 1. The summed E-state index contributed by atoms with van der Waals surface area (Å²) in [5, 5.41) is 13.9. The number of rotatable bonds is 7. The normalized spacial score (nSPS) is 15.1. The van der Waals surface area contributed by atoms with Crippen LogP contribution in [0.2, 0.25) is 0 Å². The summed E-state index contributed by atoms with van der Waals surface area (Å²) < 4.78 is 5.18. The van der Waals surface area contributed by atoms with Gasteiger partial charge in [-0.3, -0.25) is 24.7 Å². The molecule has 29 heavy (non-hydrogen) atoms. The molecule has 2 aromatic carbocycles. The van der Waals surface area contributed by atoms with Gasteiger partial charge in [-0.15, -0.1) is 0 Å². The third kappa shape index (κ3) is 5.75. The lowest BCUT2D eigenvalue weighted by Gasteiger charge is -2.34. The Morgan fingerprint density at radius 1 is 1.10 bits per heavy atom. The van der Waals surface area contributed by atoms with Crippen LogP contribution in [0, 0.1) is 17.0 Å². The Morgan fingerprint density at radius 2 is 1.76 bits per heavy atom. The third-order valence-corrected chi connectivity index (χ3v) is 5.02. The highest BCUT2D eigenvalue weighted by Gasteiger charge is 2.21. The summed E-state index contributed by atoms with van der Waals surface area (Å²) in [6, 6.07) is 12.8. The number of amides is 1. The Labute approximate surface area is 170 Å². The number of hydrogen-bond acceptors (Lipinski definition) is 6. The summed E-state index contributed by atoms with van der Waals surface area (Å²) in [6.45, 7) is 6.15. The highest BCUT2D eigenvalue weighted by molar-refractivity contribution is 5.94. The molecular formula is C21H26N4O4. The van der Waals surface area contributed by atoms with E-state index in [4.69, 9.17) is 4.74 Å². The molecule has 1 N–H and O–H groups in total. The number of nitro groups is 1. The fraction of sp³-hybridized carbons (Fsp3) is 0.381. The summed E-state index contributed by atoms with van der Waals surface area (Å²) in [5.74, 6) is 0.610. The minimum atomic E-state index is -0.472. The van der Waals surface area contributed by atoms with Gasteiger partial charge in [0.05, 0.1) is 18.6 Å². The molecule has 0 aromatic heterocycles. The van der Waals surface area contributed by atoms with Gasteiger partial charge in [0.25, 0.3) is 5.69 Å². The first kappa shape index (κ1) is 20.8. The van der Waals surface area contributed by atoms with Gasteiger partial charge >= 0.3 is 0 Å². The van der Waals surface area contributed by atoms with Crippen molar-refractivity contribution in [2.45, 2.75) is 13.5 Å². The van der Waals surface area contributed by atoms with E-state index >= 15 is 0 Å². The summed E-state index contributed by atoms with van der Waals surface area (Å²) in [6.07, 6.45) is 0. The van der Waals surface area contributed by atoms with Crippen LogP contribution < -0.4 is 10.1 Å². The molecular weight excluding hydrogens is 372 g/mol. The number of anilines is 1. The monoisotopic (exact) mass is 398 g/mol. The van der Waals surface area contributed by atoms with Crippen molar-refractivity contribution in [2.75, 3.05) is 45.2 Å². The number of benzene rings is 2. The fourth-order valence-electron chi connectivity index (χ4n) is 3.39. The smallest absolute Gasteiger partial charge is 0.293 e. The molecule has 1 amide bonds. The third-order valence-electron chi connectivity index (χ3n) is 5.02. The Kier molecular flexibility index (Phi) is 6.79. The van der Waals surface area contributed by atoms with Crippen LogP contribution in [0.1, 0.15) is 11.1 Å². The van der Waals surface area contributed by atoms with Crippen molar-refractivity contribution in [3.8, 4) is 5.75 Å². The lowest BCUT2D eigenvalue weighted by Crippen LogP contribution is -2.48. The highest BCUT2D eigenvalue weighted by Crippen LogP contribution is 2.25. The zero-order valence-corrected chi connectivity index (χ0v) is 16.8. The number of nitrogens with zero attached hydrogens (tertiary/aromatic N) is 3. The average Bonchev–Trinajstić information content (AvgIpc) is 2.71. The van der Waals surface area contributed by atoms with Gasteiger partial charge in [0.1, 0.15) is 11.4 Å². The summed E-state index contributed by atoms with van der Waals surface area (Å²) in [4.78, 5) is 27.5. The van der Waals surface area contributed by atoms with Crippen molar-refractivity contribution < 1.29 is 14.5 Å². The van der Waals surface area contributed by atoms with Gasteiger partial charge in [0.2, 0.25) is 5.91 Å². The van der Waals surface area contributed by atoms with E-state index in [1.54, 1.807) is 26.2 Å². The molecule has 8 nitrogen and oxygen atoms in total. The summed E-state index contributed by atoms with van der Waals surface area (Å²) >= 11 is 0. The van der Waals surface area contributed by atoms with Crippen LogP contribution >= 0.6 is 0 Å². The van der Waals surface area contributed by atoms with E-state index < -0.39 is 4.92 Å². The molecule has 0 atom stereocenters. The number of ether oxygens (including phenoxy) is 1. The first-order valence-electron chi connectivity index (χ1n) is 9.57. The van der Waals surface area contributed by atoms with Crippen LogP contribution in [-0.2, 0) is 11.3 Å². The molecule has 0 radical (unpaired) electrons. The van der Waals surface area contributed by atoms with Gasteiger partial charge in [0, 0.05) is 38.8 Å². The molecule has 1 fully saturated rings. The minimum absolute atomic E-state index is 0.0809. The van der Waals surface area contributed by atoms with Crippen LogP contribution in [0.3, 0.4) is 0 Å². The minimum Gasteiger partial charge on any atom is -0.497 e. The average molecular weight is 398 g/mol. The van der Waals surface area contributed by atoms with Gasteiger partial charge in [-0.05, 0) is 36.2 Å². The van der Waals surface area contributed by atoms with Crippen molar-refractivity contribution in [3.63, 3.8) is 0 Å². The van der Waals surface area contributed by atoms with Gasteiger partial charge in [-0.2, -0.15) is 0 Å². The maximum absolute atomic E-state index is 12.4. The van der Waals surface area contributed by atoms with Crippen molar-refractivity contribution >= 4 is 17.3 Å². The number of nitrogens with one attached hydrogen (secondary N) is 1. The zero-order chi connectivity index (χ0) is 20.8. The maximum Gasteiger partial charge on any atom is 0.293 e. The molecule has 0 saturated carbocycles. The molecule has 1 aliphatic rings. The number of aryl methyl sites for hydroxylation is 1. The molecule has 0 bridgehead atoms. The molecule has 154 valence electrons. The predicted octanol–water partition coefficient (Wildman–Crippen LogP) is 2.67. The Morgan fingerprint density at radius 3 is 2.38 bits per heavy atom. The molecule has 1 aliphatic heterocycles. The molecule has 8 heteroatoms. The Hall–Kier alpha value is -2.97. The number of carbonyl (C=O) groups excluding carboxylic acids is 1. The summed E-state index contributed by atoms with van der Waals surface area (Å²) in [5.41, 5.74) is 2.16. The Balaban J connectivity index is 1.48. The van der Waals surface area contributed by atoms with E-state index in [2.05, 4.69) is 27.2 Å². The molecule has 3 rings (SSSR count). The van der Waals surface area contributed by atoms with Crippen molar-refractivity contribution in [1.29, 1.82) is 0 Å². The predicted molar refractivity (Wildman–Crippen MR) is 111 cm³/mol. The molecule has 1 saturated heterocycles. The van der Waals surface area contributed by atoms with Crippen molar-refractivity contribution in [1.82, 2.24) is 9.80 Å². The molecule has 0 spiro atoms. The number of carbonyl (C=O) groups is 1. The van der Waals surface area contributed by atoms with Crippen molar-refractivity contribution in [2.24, 2.45) is 0 Å². The first-order valence-corrected chi connectivity index (χ1v) is 9.57. The fourth-order valence-corrected chi connectivity index (χ4v) is 3.39. The highest BCUT2D eigenvalue weighted by atomic mass is 16.6. The molecule has 0 aliphatic carbocycles. The molecule has 2 aromatic rings. The number of piperazine rings is 1. The SMILES string of the molecule is COc1ccc(CN2CCN(CC(=O)Nc3ccc(C)cc3[N+](=O)[O-])CC2)cc1. The van der Waals surface area contributed by atoms with E-state index in [0.717, 1.165) is 44.0 Å². The van der Waals surface area contributed by atoms with Crippen LogP contribution in [0.4, 0.5) is 11.4 Å². The van der Waals surface area contributed by atoms with Gasteiger partial charge in [-0.25, -0.2) is 0 Å².